The van der Waals surface area contributed by atoms with E-state index in [1.165, 1.54) is 87.7 Å². The van der Waals surface area contributed by atoms with Crippen LogP contribution in [0.25, 0.3) is 44.5 Å². The number of fused-ring (bicyclic) bond motifs is 12. The van der Waals surface area contributed by atoms with Crippen molar-refractivity contribution in [2.75, 3.05) is 0 Å². The molecule has 0 fully saturated rings. The Bertz CT molecular complexity index is 2650. The SMILES string of the molecule is CC1(C)c2cccc(-c3ccc(-c4cccc5c4Sc4c(ccc6c4-c4ccccc4C6(C)C)C5(C)C)cc3)c2Oc2c1ccc1c2-c2ccccc2C1(C)C. The number of rotatable bonds is 2. The second kappa shape index (κ2) is 11.2. The molecule has 0 bridgehead atoms. The molecule has 0 radical (unpaired) electrons. The fraction of sp³-hybridized carbons (Fsp3) is 0.222. The standard InChI is InChI=1S/C54H46OS/c1-51(2)37-19-11-9-15-35(37)45-39(51)27-29-42-48(45)55-47-33(17-13-21-41(47)53(42,5)6)31-23-25-32(26-24-31)34-18-14-22-43-49(34)56-50-44(54(43,7)8)30-28-40-46(50)36-16-10-12-20-38(36)52(40,3)4/h9-30H,1-8H3. The van der Waals surface area contributed by atoms with Crippen LogP contribution >= 0.6 is 11.8 Å². The molecule has 1 nitrogen and oxygen atoms in total. The molecule has 0 N–H and O–H groups in total. The third kappa shape index (κ3) is 4.29. The van der Waals surface area contributed by atoms with Gasteiger partial charge in [0.1, 0.15) is 11.5 Å². The molecule has 0 unspecified atom stereocenters. The van der Waals surface area contributed by atoms with Crippen molar-refractivity contribution in [3.63, 3.8) is 0 Å². The minimum absolute atomic E-state index is 0.0277. The average Bonchev–Trinajstić information content (AvgIpc) is 3.58. The first-order valence-corrected chi connectivity index (χ1v) is 20.9. The number of para-hydroxylation sites is 1. The zero-order chi connectivity index (χ0) is 38.5. The van der Waals surface area contributed by atoms with Crippen molar-refractivity contribution in [3.05, 3.63) is 178 Å². The molecule has 0 aromatic heterocycles. The van der Waals surface area contributed by atoms with E-state index >= 15 is 0 Å². The maximum atomic E-state index is 7.21. The molecular weight excluding hydrogens is 697 g/mol. The van der Waals surface area contributed by atoms with Gasteiger partial charge in [-0.1, -0.05) is 201 Å². The zero-order valence-electron chi connectivity index (χ0n) is 33.5. The van der Waals surface area contributed by atoms with Gasteiger partial charge in [0.05, 0.1) is 0 Å². The van der Waals surface area contributed by atoms with Crippen LogP contribution in [0.2, 0.25) is 0 Å². The first-order valence-electron chi connectivity index (χ1n) is 20.1. The Balaban J connectivity index is 1.01. The van der Waals surface area contributed by atoms with Crippen LogP contribution in [-0.2, 0) is 21.7 Å². The van der Waals surface area contributed by atoms with E-state index < -0.39 is 0 Å². The van der Waals surface area contributed by atoms with E-state index in [0.29, 0.717) is 0 Å². The largest absolute Gasteiger partial charge is 0.455 e. The molecule has 2 heteroatoms. The van der Waals surface area contributed by atoms with Crippen LogP contribution < -0.4 is 4.74 Å². The van der Waals surface area contributed by atoms with Crippen LogP contribution in [0.5, 0.6) is 11.5 Å². The van der Waals surface area contributed by atoms with Gasteiger partial charge in [0.15, 0.2) is 0 Å². The molecular formula is C54H46OS. The summed E-state index contributed by atoms with van der Waals surface area (Å²) in [5.41, 5.74) is 20.5. The monoisotopic (exact) mass is 742 g/mol. The summed E-state index contributed by atoms with van der Waals surface area (Å²) in [6, 6.07) is 50.2. The molecule has 2 aliphatic heterocycles. The molecule has 7 aromatic rings. The topological polar surface area (TPSA) is 9.23 Å². The fourth-order valence-corrected chi connectivity index (χ4v) is 12.5. The van der Waals surface area contributed by atoms with Gasteiger partial charge < -0.3 is 4.74 Å². The van der Waals surface area contributed by atoms with Crippen LogP contribution in [-0.4, -0.2) is 0 Å². The molecule has 0 atom stereocenters. The Morgan fingerprint density at radius 3 is 1.39 bits per heavy atom. The minimum Gasteiger partial charge on any atom is -0.455 e. The maximum Gasteiger partial charge on any atom is 0.139 e. The summed E-state index contributed by atoms with van der Waals surface area (Å²) < 4.78 is 7.21. The highest BCUT2D eigenvalue weighted by Gasteiger charge is 2.44. The summed E-state index contributed by atoms with van der Waals surface area (Å²) >= 11 is 1.97. The van der Waals surface area contributed by atoms with E-state index in [-0.39, 0.29) is 21.7 Å². The molecule has 0 saturated carbocycles. The first-order chi connectivity index (χ1) is 26.8. The summed E-state index contributed by atoms with van der Waals surface area (Å²) in [4.78, 5) is 2.78. The van der Waals surface area contributed by atoms with Gasteiger partial charge in [-0.05, 0) is 61.2 Å². The average molecular weight is 743 g/mol. The number of benzene rings is 7. The highest BCUT2D eigenvalue weighted by molar-refractivity contribution is 7.99. The second-order valence-corrected chi connectivity index (χ2v) is 19.5. The van der Waals surface area contributed by atoms with Gasteiger partial charge >= 0.3 is 0 Å². The normalized spacial score (nSPS) is 17.6. The second-order valence-electron chi connectivity index (χ2n) is 18.5. The summed E-state index contributed by atoms with van der Waals surface area (Å²) in [5.74, 6) is 1.98. The van der Waals surface area contributed by atoms with Gasteiger partial charge in [0, 0.05) is 59.3 Å². The van der Waals surface area contributed by atoms with Gasteiger partial charge in [-0.3, -0.25) is 0 Å². The minimum atomic E-state index is -0.227. The number of ether oxygens (including phenoxy) is 1. The molecule has 274 valence electrons. The van der Waals surface area contributed by atoms with Gasteiger partial charge in [-0.15, -0.1) is 0 Å². The van der Waals surface area contributed by atoms with Crippen LogP contribution in [0, 0.1) is 0 Å². The maximum absolute atomic E-state index is 7.21. The molecule has 0 spiro atoms. The van der Waals surface area contributed by atoms with E-state index in [1.54, 1.807) is 0 Å². The highest BCUT2D eigenvalue weighted by Crippen LogP contribution is 2.62. The van der Waals surface area contributed by atoms with Crippen LogP contribution in [0.4, 0.5) is 0 Å². The van der Waals surface area contributed by atoms with Gasteiger partial charge in [0.25, 0.3) is 0 Å². The van der Waals surface area contributed by atoms with Crippen LogP contribution in [0.15, 0.2) is 143 Å². The van der Waals surface area contributed by atoms with Gasteiger partial charge in [0.2, 0.25) is 0 Å². The quantitative estimate of drug-likeness (QED) is 0.174. The highest BCUT2D eigenvalue weighted by atomic mass is 32.2. The third-order valence-corrected chi connectivity index (χ3v) is 15.3. The molecule has 4 aliphatic rings. The zero-order valence-corrected chi connectivity index (χ0v) is 34.3. The predicted octanol–water partition coefficient (Wildman–Crippen LogP) is 14.9. The molecule has 0 amide bonds. The first kappa shape index (κ1) is 34.0. The Morgan fingerprint density at radius 2 is 0.732 bits per heavy atom. The predicted molar refractivity (Wildman–Crippen MR) is 234 cm³/mol. The fourth-order valence-electron chi connectivity index (χ4n) is 10.8. The number of hydrogen-bond donors (Lipinski definition) is 0. The Labute approximate surface area is 335 Å². The molecule has 2 heterocycles. The Kier molecular flexibility index (Phi) is 6.78. The van der Waals surface area contributed by atoms with Gasteiger partial charge in [-0.25, -0.2) is 0 Å². The molecule has 2 aliphatic carbocycles. The molecule has 7 aromatic carbocycles. The van der Waals surface area contributed by atoms with Crippen molar-refractivity contribution in [1.82, 2.24) is 0 Å². The lowest BCUT2D eigenvalue weighted by Crippen LogP contribution is -2.25. The lowest BCUT2D eigenvalue weighted by molar-refractivity contribution is 0.420. The van der Waals surface area contributed by atoms with Gasteiger partial charge in [-0.2, -0.15) is 0 Å². The van der Waals surface area contributed by atoms with Crippen LogP contribution in [0.3, 0.4) is 0 Å². The summed E-state index contributed by atoms with van der Waals surface area (Å²) in [6.07, 6.45) is 0. The van der Waals surface area contributed by atoms with E-state index in [4.69, 9.17) is 4.74 Å². The van der Waals surface area contributed by atoms with E-state index in [1.807, 2.05) is 11.8 Å². The molecule has 11 rings (SSSR count). The van der Waals surface area contributed by atoms with Crippen molar-refractivity contribution in [2.24, 2.45) is 0 Å². The smallest absolute Gasteiger partial charge is 0.139 e. The van der Waals surface area contributed by atoms with Crippen molar-refractivity contribution in [3.8, 4) is 56.0 Å². The Hall–Kier alpha value is -5.31. The number of hydrogen-bond acceptors (Lipinski definition) is 2. The summed E-state index contributed by atoms with van der Waals surface area (Å²) in [6.45, 7) is 19.0. The van der Waals surface area contributed by atoms with Crippen molar-refractivity contribution < 1.29 is 4.74 Å². The van der Waals surface area contributed by atoms with E-state index in [9.17, 15) is 0 Å². The lowest BCUT2D eigenvalue weighted by atomic mass is 9.73. The Morgan fingerprint density at radius 1 is 0.321 bits per heavy atom. The third-order valence-electron chi connectivity index (χ3n) is 14.0. The molecule has 0 saturated heterocycles. The summed E-state index contributed by atoms with van der Waals surface area (Å²) in [7, 11) is 0. The molecule has 56 heavy (non-hydrogen) atoms. The van der Waals surface area contributed by atoms with E-state index in [2.05, 4.69) is 189 Å². The lowest BCUT2D eigenvalue weighted by Gasteiger charge is -2.37. The van der Waals surface area contributed by atoms with Crippen molar-refractivity contribution >= 4 is 11.8 Å². The van der Waals surface area contributed by atoms with E-state index in [0.717, 1.165) is 22.6 Å². The van der Waals surface area contributed by atoms with Crippen molar-refractivity contribution in [2.45, 2.75) is 86.8 Å². The van der Waals surface area contributed by atoms with Crippen molar-refractivity contribution in [1.29, 1.82) is 0 Å². The van der Waals surface area contributed by atoms with Crippen LogP contribution in [0.1, 0.15) is 99.9 Å². The summed E-state index contributed by atoms with van der Waals surface area (Å²) in [5, 5.41) is 0.